The molecule has 0 fully saturated rings. The molecule has 3 aromatic rings. The molecule has 0 bridgehead atoms. The van der Waals surface area contributed by atoms with Gasteiger partial charge in [0, 0.05) is 23.8 Å². The van der Waals surface area contributed by atoms with Gasteiger partial charge in [-0.05, 0) is 37.1 Å². The highest BCUT2D eigenvalue weighted by atomic mass is 35.5. The topological polar surface area (TPSA) is 58.1 Å². The molecule has 0 aliphatic rings. The Labute approximate surface area is 164 Å². The summed E-state index contributed by atoms with van der Waals surface area (Å²) in [5.74, 6) is 0.419. The second kappa shape index (κ2) is 8.64. The van der Waals surface area contributed by atoms with Gasteiger partial charge in [0.1, 0.15) is 11.5 Å². The Hall–Kier alpha value is -2.92. The fraction of sp³-hybridized carbons (Fsp3) is 0.190. The zero-order valence-corrected chi connectivity index (χ0v) is 16.1. The highest BCUT2D eigenvalue weighted by Crippen LogP contribution is 2.21. The van der Waals surface area contributed by atoms with Crippen molar-refractivity contribution >= 4 is 29.0 Å². The van der Waals surface area contributed by atoms with E-state index in [0.29, 0.717) is 10.7 Å². The number of amides is 1. The van der Waals surface area contributed by atoms with Gasteiger partial charge in [-0.15, -0.1) is 0 Å². The summed E-state index contributed by atoms with van der Waals surface area (Å²) in [6.07, 6.45) is 3.13. The molecule has 1 aromatic heterocycles. The van der Waals surface area contributed by atoms with E-state index in [-0.39, 0.29) is 11.6 Å². The molecule has 138 valence electrons. The summed E-state index contributed by atoms with van der Waals surface area (Å²) >= 11 is 6.00. The van der Waals surface area contributed by atoms with Crippen LogP contribution in [0.3, 0.4) is 0 Å². The van der Waals surface area contributed by atoms with E-state index in [4.69, 9.17) is 11.6 Å². The number of rotatable bonds is 6. The highest BCUT2D eigenvalue weighted by Gasteiger charge is 2.12. The summed E-state index contributed by atoms with van der Waals surface area (Å²) in [5.41, 5.74) is 3.04. The molecule has 0 saturated carbocycles. The first-order valence-corrected chi connectivity index (χ1v) is 9.13. The molecule has 1 heterocycles. The van der Waals surface area contributed by atoms with Crippen molar-refractivity contribution < 1.29 is 4.79 Å². The second-order valence-corrected chi connectivity index (χ2v) is 6.61. The van der Waals surface area contributed by atoms with Crippen molar-refractivity contribution in [3.05, 3.63) is 82.8 Å². The van der Waals surface area contributed by atoms with Gasteiger partial charge >= 0.3 is 0 Å². The van der Waals surface area contributed by atoms with Gasteiger partial charge in [-0.25, -0.2) is 9.97 Å². The Morgan fingerprint density at radius 3 is 2.56 bits per heavy atom. The fourth-order valence-electron chi connectivity index (χ4n) is 2.68. The number of benzene rings is 2. The SMILES string of the molecule is CCN(Cc1ccccc1)c1cnc(C(=O)Nc2cc(Cl)ccc2C)cn1. The normalized spacial score (nSPS) is 10.5. The number of carbonyl (C=O) groups is 1. The first-order valence-electron chi connectivity index (χ1n) is 8.75. The van der Waals surface area contributed by atoms with E-state index in [2.05, 4.69) is 39.2 Å². The van der Waals surface area contributed by atoms with E-state index >= 15 is 0 Å². The van der Waals surface area contributed by atoms with Crippen LogP contribution in [0.5, 0.6) is 0 Å². The number of aryl methyl sites for hydroxylation is 1. The third kappa shape index (κ3) is 4.83. The molecule has 0 atom stereocenters. The van der Waals surface area contributed by atoms with Gasteiger partial charge in [-0.1, -0.05) is 48.0 Å². The van der Waals surface area contributed by atoms with Gasteiger partial charge in [0.05, 0.1) is 12.4 Å². The molecule has 2 aromatic carbocycles. The van der Waals surface area contributed by atoms with Crippen LogP contribution in [0.2, 0.25) is 5.02 Å². The van der Waals surface area contributed by atoms with Crippen LogP contribution in [0.25, 0.3) is 0 Å². The molecule has 0 saturated heterocycles. The predicted octanol–water partition coefficient (Wildman–Crippen LogP) is 4.72. The number of anilines is 2. The van der Waals surface area contributed by atoms with Crippen LogP contribution in [0, 0.1) is 6.92 Å². The van der Waals surface area contributed by atoms with Crippen LogP contribution in [-0.2, 0) is 6.54 Å². The summed E-state index contributed by atoms with van der Waals surface area (Å²) in [6.45, 7) is 5.49. The quantitative estimate of drug-likeness (QED) is 0.672. The fourth-order valence-corrected chi connectivity index (χ4v) is 2.85. The van der Waals surface area contributed by atoms with Crippen molar-refractivity contribution in [1.82, 2.24) is 9.97 Å². The number of hydrogen-bond donors (Lipinski definition) is 1. The lowest BCUT2D eigenvalue weighted by Gasteiger charge is -2.21. The standard InChI is InChI=1S/C21H21ClN4O/c1-3-26(14-16-7-5-4-6-8-16)20-13-23-19(12-24-20)21(27)25-18-11-17(22)10-9-15(18)2/h4-13H,3,14H2,1-2H3,(H,25,27). The third-order valence-electron chi connectivity index (χ3n) is 4.24. The van der Waals surface area contributed by atoms with Crippen LogP contribution in [-0.4, -0.2) is 22.4 Å². The van der Waals surface area contributed by atoms with E-state index in [9.17, 15) is 4.79 Å². The summed E-state index contributed by atoms with van der Waals surface area (Å²) in [6, 6.07) is 15.5. The Bertz CT molecular complexity index is 913. The molecular formula is C21H21ClN4O. The van der Waals surface area contributed by atoms with E-state index in [1.165, 1.54) is 11.8 Å². The summed E-state index contributed by atoms with van der Waals surface area (Å²) in [7, 11) is 0. The van der Waals surface area contributed by atoms with E-state index in [1.807, 2.05) is 31.2 Å². The minimum absolute atomic E-state index is 0.258. The van der Waals surface area contributed by atoms with Gasteiger partial charge in [0.2, 0.25) is 0 Å². The Morgan fingerprint density at radius 1 is 1.11 bits per heavy atom. The Morgan fingerprint density at radius 2 is 1.89 bits per heavy atom. The van der Waals surface area contributed by atoms with E-state index < -0.39 is 0 Å². The summed E-state index contributed by atoms with van der Waals surface area (Å²) in [4.78, 5) is 23.3. The number of aromatic nitrogens is 2. The van der Waals surface area contributed by atoms with Crippen molar-refractivity contribution in [2.45, 2.75) is 20.4 Å². The molecule has 0 aliphatic carbocycles. The van der Waals surface area contributed by atoms with Crippen molar-refractivity contribution in [1.29, 1.82) is 0 Å². The average Bonchev–Trinajstić information content (AvgIpc) is 2.70. The molecule has 0 spiro atoms. The number of hydrogen-bond acceptors (Lipinski definition) is 4. The molecule has 27 heavy (non-hydrogen) atoms. The van der Waals surface area contributed by atoms with Crippen molar-refractivity contribution in [3.8, 4) is 0 Å². The van der Waals surface area contributed by atoms with E-state index in [1.54, 1.807) is 18.3 Å². The van der Waals surface area contributed by atoms with Crippen LogP contribution in [0.15, 0.2) is 60.9 Å². The Kier molecular flexibility index (Phi) is 6.04. The first kappa shape index (κ1) is 18.9. The van der Waals surface area contributed by atoms with Crippen molar-refractivity contribution in [3.63, 3.8) is 0 Å². The maximum absolute atomic E-state index is 12.4. The maximum atomic E-state index is 12.4. The minimum atomic E-state index is -0.314. The van der Waals surface area contributed by atoms with Gasteiger partial charge < -0.3 is 10.2 Å². The van der Waals surface area contributed by atoms with E-state index in [0.717, 1.165) is 24.5 Å². The lowest BCUT2D eigenvalue weighted by Crippen LogP contribution is -2.24. The molecule has 0 radical (unpaired) electrons. The molecule has 0 unspecified atom stereocenters. The van der Waals surface area contributed by atoms with Gasteiger partial charge in [-0.3, -0.25) is 4.79 Å². The van der Waals surface area contributed by atoms with Crippen molar-refractivity contribution in [2.24, 2.45) is 0 Å². The van der Waals surface area contributed by atoms with Crippen molar-refractivity contribution in [2.75, 3.05) is 16.8 Å². The monoisotopic (exact) mass is 380 g/mol. The molecule has 1 amide bonds. The average molecular weight is 381 g/mol. The molecule has 6 heteroatoms. The zero-order chi connectivity index (χ0) is 19.2. The molecule has 3 rings (SSSR count). The van der Waals surface area contributed by atoms with Gasteiger partial charge in [-0.2, -0.15) is 0 Å². The third-order valence-corrected chi connectivity index (χ3v) is 4.48. The molecule has 1 N–H and O–H groups in total. The smallest absolute Gasteiger partial charge is 0.275 e. The molecule has 5 nitrogen and oxygen atoms in total. The summed E-state index contributed by atoms with van der Waals surface area (Å²) in [5, 5.41) is 3.40. The Balaban J connectivity index is 1.72. The zero-order valence-electron chi connectivity index (χ0n) is 15.3. The largest absolute Gasteiger partial charge is 0.351 e. The number of nitrogens with one attached hydrogen (secondary N) is 1. The van der Waals surface area contributed by atoms with Gasteiger partial charge in [0.25, 0.3) is 5.91 Å². The van der Waals surface area contributed by atoms with Crippen LogP contribution in [0.1, 0.15) is 28.5 Å². The summed E-state index contributed by atoms with van der Waals surface area (Å²) < 4.78 is 0. The second-order valence-electron chi connectivity index (χ2n) is 6.17. The van der Waals surface area contributed by atoms with Crippen LogP contribution >= 0.6 is 11.6 Å². The highest BCUT2D eigenvalue weighted by molar-refractivity contribution is 6.31. The molecule has 0 aliphatic heterocycles. The predicted molar refractivity (Wildman–Crippen MR) is 109 cm³/mol. The number of nitrogens with zero attached hydrogens (tertiary/aromatic N) is 3. The molecular weight excluding hydrogens is 360 g/mol. The van der Waals surface area contributed by atoms with Gasteiger partial charge in [0.15, 0.2) is 0 Å². The number of halogens is 1. The van der Waals surface area contributed by atoms with Crippen LogP contribution < -0.4 is 10.2 Å². The lowest BCUT2D eigenvalue weighted by atomic mass is 10.2. The lowest BCUT2D eigenvalue weighted by molar-refractivity contribution is 0.102. The maximum Gasteiger partial charge on any atom is 0.275 e. The minimum Gasteiger partial charge on any atom is -0.351 e. The first-order chi connectivity index (χ1) is 13.1. The van der Waals surface area contributed by atoms with Crippen LogP contribution in [0.4, 0.5) is 11.5 Å². The number of carbonyl (C=O) groups excluding carboxylic acids is 1.